The van der Waals surface area contributed by atoms with Gasteiger partial charge in [0.2, 0.25) is 0 Å². The summed E-state index contributed by atoms with van der Waals surface area (Å²) in [6, 6.07) is 13.1. The minimum Gasteiger partial charge on any atom is -0.369 e. The molecule has 0 spiro atoms. The molecule has 4 heteroatoms. The summed E-state index contributed by atoms with van der Waals surface area (Å²) in [5, 5.41) is 10.9. The topological polar surface area (TPSA) is 46.4 Å². The Hall–Kier alpha value is -2.36. The fraction of sp³-hybridized carbons (Fsp3) is 0.294. The van der Waals surface area contributed by atoms with Crippen LogP contribution >= 0.6 is 0 Å². The van der Waals surface area contributed by atoms with Crippen molar-refractivity contribution in [1.29, 1.82) is 0 Å². The molecular weight excluding hydrogens is 264 g/mol. The zero-order valence-corrected chi connectivity index (χ0v) is 12.5. The number of rotatable bonds is 2. The molecule has 2 aromatic carbocycles. The number of nitro benzene ring substituents is 1. The maximum Gasteiger partial charge on any atom is 0.270 e. The Balaban J connectivity index is 2.03. The predicted molar refractivity (Wildman–Crippen MR) is 84.7 cm³/mol. The van der Waals surface area contributed by atoms with Crippen LogP contribution in [0.5, 0.6) is 0 Å². The van der Waals surface area contributed by atoms with Crippen LogP contribution in [-0.2, 0) is 6.42 Å². The van der Waals surface area contributed by atoms with E-state index >= 15 is 0 Å². The molecule has 3 rings (SSSR count). The molecule has 21 heavy (non-hydrogen) atoms. The molecule has 0 atom stereocenters. The first kappa shape index (κ1) is 13.6. The summed E-state index contributed by atoms with van der Waals surface area (Å²) in [5.74, 6) is 0. The number of hydrogen-bond acceptors (Lipinski definition) is 3. The number of hydrogen-bond donors (Lipinski definition) is 0. The van der Waals surface area contributed by atoms with E-state index in [1.54, 1.807) is 12.1 Å². The van der Waals surface area contributed by atoms with E-state index in [2.05, 4.69) is 37.9 Å². The second-order valence-corrected chi connectivity index (χ2v) is 6.20. The Kier molecular flexibility index (Phi) is 2.97. The van der Waals surface area contributed by atoms with E-state index in [0.29, 0.717) is 0 Å². The minimum absolute atomic E-state index is 0.115. The number of nitro groups is 1. The fourth-order valence-electron chi connectivity index (χ4n) is 2.94. The third-order valence-electron chi connectivity index (χ3n) is 4.36. The fourth-order valence-corrected chi connectivity index (χ4v) is 2.94. The van der Waals surface area contributed by atoms with Gasteiger partial charge in [-0.2, -0.15) is 0 Å². The molecule has 0 amide bonds. The maximum absolute atomic E-state index is 10.9. The number of benzene rings is 2. The molecule has 1 aliphatic heterocycles. The number of anilines is 1. The van der Waals surface area contributed by atoms with Crippen LogP contribution < -0.4 is 4.90 Å². The zero-order chi connectivity index (χ0) is 15.2. The SMILES string of the molecule is CN1c2ccc(-c3cccc([N+](=O)[O-])c3)cc2CC1(C)C. The van der Waals surface area contributed by atoms with Crippen LogP contribution in [0.2, 0.25) is 0 Å². The summed E-state index contributed by atoms with van der Waals surface area (Å²) >= 11 is 0. The van der Waals surface area contributed by atoms with Crippen LogP contribution in [0.4, 0.5) is 11.4 Å². The lowest BCUT2D eigenvalue weighted by molar-refractivity contribution is -0.384. The van der Waals surface area contributed by atoms with Crippen LogP contribution in [0.1, 0.15) is 19.4 Å². The van der Waals surface area contributed by atoms with Crippen molar-refractivity contribution in [3.05, 3.63) is 58.1 Å². The van der Waals surface area contributed by atoms with Crippen molar-refractivity contribution >= 4 is 11.4 Å². The third kappa shape index (κ3) is 2.27. The van der Waals surface area contributed by atoms with E-state index in [0.717, 1.165) is 17.5 Å². The first-order valence-electron chi connectivity index (χ1n) is 7.00. The van der Waals surface area contributed by atoms with Gasteiger partial charge < -0.3 is 4.90 Å². The van der Waals surface area contributed by atoms with Crippen molar-refractivity contribution in [2.24, 2.45) is 0 Å². The molecule has 1 aliphatic rings. The first-order valence-corrected chi connectivity index (χ1v) is 7.00. The second-order valence-electron chi connectivity index (χ2n) is 6.20. The molecule has 1 heterocycles. The Morgan fingerprint density at radius 3 is 2.57 bits per heavy atom. The number of fused-ring (bicyclic) bond motifs is 1. The molecule has 0 N–H and O–H groups in total. The van der Waals surface area contributed by atoms with Crippen molar-refractivity contribution in [1.82, 2.24) is 0 Å². The quantitative estimate of drug-likeness (QED) is 0.617. The standard InChI is InChI=1S/C17H18N2O2/c1-17(2)11-14-9-13(7-8-16(14)18(17)3)12-5-4-6-15(10-12)19(20)21/h4-10H,11H2,1-3H3. The molecule has 0 aromatic heterocycles. The molecule has 0 saturated heterocycles. The normalized spacial score (nSPS) is 15.9. The average Bonchev–Trinajstić information content (AvgIpc) is 2.68. The molecular formula is C17H18N2O2. The summed E-state index contributed by atoms with van der Waals surface area (Å²) in [4.78, 5) is 12.8. The summed E-state index contributed by atoms with van der Waals surface area (Å²) in [5.41, 5.74) is 4.71. The smallest absolute Gasteiger partial charge is 0.270 e. The molecule has 0 unspecified atom stereocenters. The lowest BCUT2D eigenvalue weighted by Gasteiger charge is -2.30. The monoisotopic (exact) mass is 282 g/mol. The van der Waals surface area contributed by atoms with Crippen LogP contribution in [0.25, 0.3) is 11.1 Å². The van der Waals surface area contributed by atoms with Gasteiger partial charge in [-0.1, -0.05) is 18.2 Å². The highest BCUT2D eigenvalue weighted by molar-refractivity contribution is 5.72. The van der Waals surface area contributed by atoms with Crippen LogP contribution in [0.15, 0.2) is 42.5 Å². The van der Waals surface area contributed by atoms with Gasteiger partial charge in [-0.15, -0.1) is 0 Å². The second kappa shape index (κ2) is 4.58. The Morgan fingerprint density at radius 1 is 1.14 bits per heavy atom. The largest absolute Gasteiger partial charge is 0.369 e. The minimum atomic E-state index is -0.353. The molecule has 0 fully saturated rings. The molecule has 0 saturated carbocycles. The van der Waals surface area contributed by atoms with Gasteiger partial charge in [0.15, 0.2) is 0 Å². The third-order valence-corrected chi connectivity index (χ3v) is 4.36. The van der Waals surface area contributed by atoms with Crippen molar-refractivity contribution in [3.8, 4) is 11.1 Å². The summed E-state index contributed by atoms with van der Waals surface area (Å²) in [6.45, 7) is 4.44. The molecule has 108 valence electrons. The molecule has 2 aromatic rings. The van der Waals surface area contributed by atoms with Crippen molar-refractivity contribution < 1.29 is 4.92 Å². The summed E-state index contributed by atoms with van der Waals surface area (Å²) < 4.78 is 0. The number of likely N-dealkylation sites (N-methyl/N-ethyl adjacent to an activating group) is 1. The highest BCUT2D eigenvalue weighted by Gasteiger charge is 2.33. The van der Waals surface area contributed by atoms with Gasteiger partial charge >= 0.3 is 0 Å². The van der Waals surface area contributed by atoms with E-state index in [1.807, 2.05) is 12.1 Å². The summed E-state index contributed by atoms with van der Waals surface area (Å²) in [7, 11) is 2.11. The number of non-ortho nitro benzene ring substituents is 1. The molecule has 0 aliphatic carbocycles. The lowest BCUT2D eigenvalue weighted by atomic mass is 9.97. The van der Waals surface area contributed by atoms with Gasteiger partial charge in [-0.05, 0) is 49.1 Å². The van der Waals surface area contributed by atoms with Gasteiger partial charge in [0, 0.05) is 30.4 Å². The number of nitrogens with zero attached hydrogens (tertiary/aromatic N) is 2. The van der Waals surface area contributed by atoms with Gasteiger partial charge in [-0.3, -0.25) is 10.1 Å². The van der Waals surface area contributed by atoms with Crippen molar-refractivity contribution in [2.45, 2.75) is 25.8 Å². The lowest BCUT2D eigenvalue weighted by Crippen LogP contribution is -2.37. The van der Waals surface area contributed by atoms with Gasteiger partial charge in [0.05, 0.1) is 4.92 Å². The summed E-state index contributed by atoms with van der Waals surface area (Å²) in [6.07, 6.45) is 0.988. The first-order chi connectivity index (χ1) is 9.88. The molecule has 0 bridgehead atoms. The molecule has 4 nitrogen and oxygen atoms in total. The Labute approximate surface area is 124 Å². The average molecular weight is 282 g/mol. The van der Waals surface area contributed by atoms with Gasteiger partial charge in [-0.25, -0.2) is 0 Å². The van der Waals surface area contributed by atoms with Crippen molar-refractivity contribution in [2.75, 3.05) is 11.9 Å². The predicted octanol–water partition coefficient (Wildman–Crippen LogP) is 4.03. The van der Waals surface area contributed by atoms with Crippen LogP contribution in [0.3, 0.4) is 0 Å². The van der Waals surface area contributed by atoms with E-state index in [-0.39, 0.29) is 16.1 Å². The maximum atomic E-state index is 10.9. The molecule has 0 radical (unpaired) electrons. The van der Waals surface area contributed by atoms with Crippen LogP contribution in [0, 0.1) is 10.1 Å². The highest BCUT2D eigenvalue weighted by Crippen LogP contribution is 2.39. The Morgan fingerprint density at radius 2 is 1.86 bits per heavy atom. The zero-order valence-electron chi connectivity index (χ0n) is 12.5. The van der Waals surface area contributed by atoms with E-state index < -0.39 is 0 Å². The Bertz CT molecular complexity index is 722. The van der Waals surface area contributed by atoms with E-state index in [9.17, 15) is 10.1 Å². The highest BCUT2D eigenvalue weighted by atomic mass is 16.6. The van der Waals surface area contributed by atoms with Crippen molar-refractivity contribution in [3.63, 3.8) is 0 Å². The van der Waals surface area contributed by atoms with Gasteiger partial charge in [0.1, 0.15) is 0 Å². The van der Waals surface area contributed by atoms with E-state index in [4.69, 9.17) is 0 Å². The van der Waals surface area contributed by atoms with Gasteiger partial charge in [0.25, 0.3) is 5.69 Å². The van der Waals surface area contributed by atoms with Crippen LogP contribution in [-0.4, -0.2) is 17.5 Å². The van der Waals surface area contributed by atoms with E-state index in [1.165, 1.54) is 17.3 Å².